The Bertz CT molecular complexity index is 488. The lowest BCUT2D eigenvalue weighted by molar-refractivity contribution is -0.00359. The fraction of sp³-hybridized carbons (Fsp3) is 0.905. The van der Waals surface area contributed by atoms with Gasteiger partial charge in [0, 0.05) is 22.0 Å². The van der Waals surface area contributed by atoms with Crippen LogP contribution in [0.4, 0.5) is 0 Å². The predicted molar refractivity (Wildman–Crippen MR) is 105 cm³/mol. The molecule has 0 radical (unpaired) electrons. The summed E-state index contributed by atoms with van der Waals surface area (Å²) in [4.78, 5) is 0. The maximum Gasteiger partial charge on any atom is 0.0832 e. The quantitative estimate of drug-likeness (QED) is 0.521. The molecule has 3 saturated carbocycles. The number of allylic oxidation sites excluding steroid dienone is 1. The van der Waals surface area contributed by atoms with Crippen LogP contribution >= 0.6 is 9.47 Å². The molecule has 3 aliphatic carbocycles. The van der Waals surface area contributed by atoms with Crippen LogP contribution in [0.2, 0.25) is 0 Å². The summed E-state index contributed by atoms with van der Waals surface area (Å²) in [7, 11) is 4.28. The van der Waals surface area contributed by atoms with Gasteiger partial charge in [0.05, 0.1) is 18.3 Å². The summed E-state index contributed by atoms with van der Waals surface area (Å²) in [5.41, 5.74) is 0.351. The summed E-state index contributed by atoms with van der Waals surface area (Å²) in [5.74, 6) is 1.96. The average molecular weight is 368 g/mol. The molecule has 0 saturated heterocycles. The first kappa shape index (κ1) is 19.8. The highest BCUT2D eigenvalue weighted by Gasteiger charge is 2.54. The Kier molecular flexibility index (Phi) is 6.01. The van der Waals surface area contributed by atoms with Gasteiger partial charge < -0.3 is 14.4 Å². The predicted octanol–water partition coefficient (Wildman–Crippen LogP) is 4.75. The second-order valence-corrected chi connectivity index (χ2v) is 9.44. The standard InChI is InChI=1S/C21H37O3P/c1-14(7-10-19(23-4)21(12-13-21)15(2)22)16-8-9-17-18(24-25)6-5-11-20(16,17)3/h7,10,14-19,22H,5-6,8-9,11-13,25H2,1-4H3/b10-7+/t14-,15?,16?,17?,18?,19?,20-/m1/s1. The van der Waals surface area contributed by atoms with Gasteiger partial charge in [-0.05, 0) is 68.6 Å². The number of hydrogen-bond donors (Lipinski definition) is 1. The Labute approximate surface area is 156 Å². The molecule has 0 heterocycles. The van der Waals surface area contributed by atoms with Crippen molar-refractivity contribution in [2.75, 3.05) is 7.11 Å². The molecule has 0 aromatic rings. The number of hydrogen-bond acceptors (Lipinski definition) is 3. The van der Waals surface area contributed by atoms with Crippen molar-refractivity contribution >= 4 is 9.47 Å². The molecule has 0 bridgehead atoms. The van der Waals surface area contributed by atoms with Crippen molar-refractivity contribution in [3.05, 3.63) is 12.2 Å². The maximum absolute atomic E-state index is 10.1. The molecule has 1 N–H and O–H groups in total. The van der Waals surface area contributed by atoms with Crippen LogP contribution in [0.5, 0.6) is 0 Å². The lowest BCUT2D eigenvalue weighted by Gasteiger charge is -2.45. The normalized spacial score (nSPS) is 40.6. The van der Waals surface area contributed by atoms with E-state index in [1.165, 1.54) is 32.1 Å². The van der Waals surface area contributed by atoms with E-state index in [0.717, 1.165) is 18.8 Å². The van der Waals surface area contributed by atoms with Crippen molar-refractivity contribution in [2.45, 2.75) is 84.0 Å². The highest BCUT2D eigenvalue weighted by atomic mass is 31.0. The van der Waals surface area contributed by atoms with Gasteiger partial charge in [-0.15, -0.1) is 0 Å². The minimum atomic E-state index is -0.302. The van der Waals surface area contributed by atoms with E-state index < -0.39 is 0 Å². The first-order valence-electron chi connectivity index (χ1n) is 10.1. The molecule has 0 spiro atoms. The molecule has 144 valence electrons. The smallest absolute Gasteiger partial charge is 0.0832 e. The van der Waals surface area contributed by atoms with Crippen LogP contribution < -0.4 is 0 Å². The molecule has 0 aliphatic heterocycles. The van der Waals surface area contributed by atoms with Crippen molar-refractivity contribution in [1.29, 1.82) is 0 Å². The van der Waals surface area contributed by atoms with Crippen LogP contribution in [0.25, 0.3) is 0 Å². The Morgan fingerprint density at radius 3 is 2.40 bits per heavy atom. The molecule has 3 aliphatic rings. The molecule has 0 amide bonds. The van der Waals surface area contributed by atoms with E-state index in [-0.39, 0.29) is 17.6 Å². The van der Waals surface area contributed by atoms with E-state index >= 15 is 0 Å². The van der Waals surface area contributed by atoms with Gasteiger partial charge in [0.15, 0.2) is 0 Å². The summed E-state index contributed by atoms with van der Waals surface area (Å²) >= 11 is 0. The zero-order chi connectivity index (χ0) is 18.2. The summed E-state index contributed by atoms with van der Waals surface area (Å²) in [5, 5.41) is 10.1. The van der Waals surface area contributed by atoms with Crippen LogP contribution in [-0.2, 0) is 9.26 Å². The Hall–Kier alpha value is 0.0500. The molecule has 25 heavy (non-hydrogen) atoms. The Balaban J connectivity index is 1.70. The molecule has 3 rings (SSSR count). The SMILES string of the molecule is COC(/C=C/[C@@H](C)C1CCC2C(OP)CCC[C@@]21C)C1(C(C)O)CC1. The van der Waals surface area contributed by atoms with Gasteiger partial charge >= 0.3 is 0 Å². The zero-order valence-electron chi connectivity index (χ0n) is 16.4. The van der Waals surface area contributed by atoms with Gasteiger partial charge in [-0.25, -0.2) is 0 Å². The number of methoxy groups -OCH3 is 1. The molecule has 4 heteroatoms. The van der Waals surface area contributed by atoms with Crippen LogP contribution in [0.1, 0.15) is 65.7 Å². The van der Waals surface area contributed by atoms with Gasteiger partial charge in [-0.1, -0.05) is 32.4 Å². The molecule has 0 aromatic carbocycles. The largest absolute Gasteiger partial charge is 0.393 e. The first-order valence-corrected chi connectivity index (χ1v) is 10.6. The zero-order valence-corrected chi connectivity index (χ0v) is 17.6. The third kappa shape index (κ3) is 3.47. The van der Waals surface area contributed by atoms with Gasteiger partial charge in [-0.3, -0.25) is 0 Å². The molecule has 8 atom stereocenters. The molecule has 0 aromatic heterocycles. The van der Waals surface area contributed by atoms with E-state index in [1.807, 2.05) is 6.92 Å². The van der Waals surface area contributed by atoms with Crippen LogP contribution in [0, 0.1) is 28.6 Å². The van der Waals surface area contributed by atoms with Crippen molar-refractivity contribution in [3.8, 4) is 0 Å². The van der Waals surface area contributed by atoms with Crippen molar-refractivity contribution < 1.29 is 14.4 Å². The second kappa shape index (κ2) is 7.58. The highest BCUT2D eigenvalue weighted by molar-refractivity contribution is 7.09. The van der Waals surface area contributed by atoms with Gasteiger partial charge in [-0.2, -0.15) is 0 Å². The molecular formula is C21H37O3P. The summed E-state index contributed by atoms with van der Waals surface area (Å²) in [6, 6.07) is 0. The van der Waals surface area contributed by atoms with Crippen LogP contribution in [0.15, 0.2) is 12.2 Å². The number of ether oxygens (including phenoxy) is 1. The van der Waals surface area contributed by atoms with Crippen molar-refractivity contribution in [2.24, 2.45) is 28.6 Å². The van der Waals surface area contributed by atoms with E-state index in [2.05, 4.69) is 35.5 Å². The van der Waals surface area contributed by atoms with Crippen molar-refractivity contribution in [3.63, 3.8) is 0 Å². The third-order valence-corrected chi connectivity index (χ3v) is 8.36. The molecular weight excluding hydrogens is 331 g/mol. The average Bonchev–Trinajstić information content (AvgIpc) is 3.31. The number of rotatable bonds is 7. The second-order valence-electron chi connectivity index (χ2n) is 9.17. The minimum absolute atomic E-state index is 0.0365. The van der Waals surface area contributed by atoms with Gasteiger partial charge in [0.1, 0.15) is 0 Å². The molecule has 3 nitrogen and oxygen atoms in total. The maximum atomic E-state index is 10.1. The lowest BCUT2D eigenvalue weighted by atomic mass is 9.62. The molecule has 3 fully saturated rings. The van der Waals surface area contributed by atoms with Crippen LogP contribution in [-0.4, -0.2) is 30.5 Å². The minimum Gasteiger partial charge on any atom is -0.393 e. The monoisotopic (exact) mass is 368 g/mol. The van der Waals surface area contributed by atoms with Crippen molar-refractivity contribution in [1.82, 2.24) is 0 Å². The van der Waals surface area contributed by atoms with Gasteiger partial charge in [0.25, 0.3) is 0 Å². The summed E-state index contributed by atoms with van der Waals surface area (Å²) in [6.45, 7) is 6.78. The lowest BCUT2D eigenvalue weighted by Crippen LogP contribution is -2.41. The highest BCUT2D eigenvalue weighted by Crippen LogP contribution is 2.59. The van der Waals surface area contributed by atoms with Gasteiger partial charge in [0.2, 0.25) is 0 Å². The van der Waals surface area contributed by atoms with E-state index in [9.17, 15) is 5.11 Å². The fourth-order valence-electron chi connectivity index (χ4n) is 6.19. The van der Waals surface area contributed by atoms with E-state index in [4.69, 9.17) is 9.26 Å². The number of aliphatic hydroxyl groups is 1. The summed E-state index contributed by atoms with van der Waals surface area (Å²) < 4.78 is 11.5. The Morgan fingerprint density at radius 1 is 1.12 bits per heavy atom. The number of fused-ring (bicyclic) bond motifs is 1. The van der Waals surface area contributed by atoms with E-state index in [1.54, 1.807) is 7.11 Å². The molecule has 6 unspecified atom stereocenters. The first-order chi connectivity index (χ1) is 11.9. The Morgan fingerprint density at radius 2 is 1.84 bits per heavy atom. The van der Waals surface area contributed by atoms with Crippen LogP contribution in [0.3, 0.4) is 0 Å². The fourth-order valence-corrected chi connectivity index (χ4v) is 6.51. The van der Waals surface area contributed by atoms with E-state index in [0.29, 0.717) is 23.4 Å². The number of aliphatic hydroxyl groups excluding tert-OH is 1. The third-order valence-electron chi connectivity index (χ3n) is 8.01. The topological polar surface area (TPSA) is 38.7 Å². The summed E-state index contributed by atoms with van der Waals surface area (Å²) in [6.07, 6.45) is 13.3.